The zero-order valence-electron chi connectivity index (χ0n) is 16.9. The number of nitrogens with one attached hydrogen (secondary N) is 2. The van der Waals surface area contributed by atoms with Crippen molar-refractivity contribution in [1.29, 1.82) is 0 Å². The van der Waals surface area contributed by atoms with E-state index in [0.717, 1.165) is 33.1 Å². The largest absolute Gasteiger partial charge is 0.361 e. The molecular formula is C23H19BrN6O. The second-order valence-corrected chi connectivity index (χ2v) is 8.16. The normalized spacial score (nSPS) is 12.4. The fourth-order valence-electron chi connectivity index (χ4n) is 3.93. The van der Waals surface area contributed by atoms with Crippen LogP contribution in [0.15, 0.2) is 70.3 Å². The number of aromatic nitrogens is 5. The second kappa shape index (κ2) is 7.63. The second-order valence-electron chi connectivity index (χ2n) is 7.41. The van der Waals surface area contributed by atoms with E-state index in [-0.39, 0.29) is 11.6 Å². The predicted octanol–water partition coefficient (Wildman–Crippen LogP) is 4.90. The Kier molecular flexibility index (Phi) is 4.78. The summed E-state index contributed by atoms with van der Waals surface area (Å²) in [5.74, 6) is 0.634. The highest BCUT2D eigenvalue weighted by atomic mass is 79.9. The van der Waals surface area contributed by atoms with Crippen molar-refractivity contribution in [2.75, 3.05) is 5.32 Å². The number of hydrogen-bond acceptors (Lipinski definition) is 5. The lowest BCUT2D eigenvalue weighted by Gasteiger charge is -2.22. The predicted molar refractivity (Wildman–Crippen MR) is 126 cm³/mol. The summed E-state index contributed by atoms with van der Waals surface area (Å²) in [5.41, 5.74) is 3.20. The van der Waals surface area contributed by atoms with Gasteiger partial charge in [0, 0.05) is 11.4 Å². The van der Waals surface area contributed by atoms with Crippen molar-refractivity contribution in [1.82, 2.24) is 24.7 Å². The number of pyridine rings is 1. The van der Waals surface area contributed by atoms with Gasteiger partial charge < -0.3 is 5.32 Å². The summed E-state index contributed by atoms with van der Waals surface area (Å²) in [6.07, 6.45) is 1.48. The van der Waals surface area contributed by atoms with Gasteiger partial charge in [-0.05, 0) is 58.9 Å². The van der Waals surface area contributed by atoms with Gasteiger partial charge in [-0.1, -0.05) is 36.4 Å². The van der Waals surface area contributed by atoms with E-state index in [1.165, 1.54) is 6.33 Å². The average molecular weight is 475 g/mol. The zero-order valence-corrected chi connectivity index (χ0v) is 18.5. The van der Waals surface area contributed by atoms with Gasteiger partial charge in [0.1, 0.15) is 16.7 Å². The molecule has 0 radical (unpaired) electrons. The first-order valence-electron chi connectivity index (χ1n) is 9.86. The number of aryl methyl sites for hydroxylation is 1. The molecule has 31 heavy (non-hydrogen) atoms. The van der Waals surface area contributed by atoms with Gasteiger partial charge in [0.2, 0.25) is 0 Å². The van der Waals surface area contributed by atoms with Gasteiger partial charge in [0.25, 0.3) is 5.56 Å². The highest BCUT2D eigenvalue weighted by Gasteiger charge is 2.19. The Morgan fingerprint density at radius 3 is 2.68 bits per heavy atom. The number of benzene rings is 2. The third-order valence-electron chi connectivity index (χ3n) is 5.41. The van der Waals surface area contributed by atoms with Crippen LogP contribution >= 0.6 is 15.9 Å². The Balaban J connectivity index is 1.71. The molecule has 3 aromatic heterocycles. The standard InChI is InChI=1S/C23H19BrN6O/c1-13-7-6-8-15-11-17(30(23(31)18(13)15)16-9-4-3-5-10-16)14(2)27-21-19-20(24)28-29-22(19)26-12-25-21/h3-12,14H,1-2H3,(H2,25,26,27,28,29)/t14-/m0/s1. The molecule has 2 N–H and O–H groups in total. The number of fused-ring (bicyclic) bond motifs is 2. The summed E-state index contributed by atoms with van der Waals surface area (Å²) in [4.78, 5) is 22.3. The lowest BCUT2D eigenvalue weighted by atomic mass is 10.0. The maximum absolute atomic E-state index is 13.6. The molecule has 0 aliphatic heterocycles. The molecule has 5 aromatic rings. The monoisotopic (exact) mass is 474 g/mol. The molecule has 0 bridgehead atoms. The number of H-pyrrole nitrogens is 1. The van der Waals surface area contributed by atoms with Crippen LogP contribution in [0.2, 0.25) is 0 Å². The Bertz CT molecular complexity index is 1470. The highest BCUT2D eigenvalue weighted by Crippen LogP contribution is 2.29. The lowest BCUT2D eigenvalue weighted by molar-refractivity contribution is 0.774. The molecule has 0 aliphatic carbocycles. The first kappa shape index (κ1) is 19.4. The lowest BCUT2D eigenvalue weighted by Crippen LogP contribution is -2.26. The Labute approximate surface area is 186 Å². The Hall–Kier alpha value is -3.52. The summed E-state index contributed by atoms with van der Waals surface area (Å²) >= 11 is 3.45. The van der Waals surface area contributed by atoms with Gasteiger partial charge in [-0.15, -0.1) is 0 Å². The molecule has 0 aliphatic rings. The Morgan fingerprint density at radius 1 is 1.06 bits per heavy atom. The van der Waals surface area contributed by atoms with Gasteiger partial charge >= 0.3 is 0 Å². The number of aromatic amines is 1. The van der Waals surface area contributed by atoms with Crippen molar-refractivity contribution >= 4 is 43.6 Å². The number of nitrogens with zero attached hydrogens (tertiary/aromatic N) is 4. The van der Waals surface area contributed by atoms with Crippen molar-refractivity contribution in [3.63, 3.8) is 0 Å². The molecule has 0 spiro atoms. The molecule has 0 unspecified atom stereocenters. The molecular weight excluding hydrogens is 456 g/mol. The van der Waals surface area contributed by atoms with Gasteiger partial charge in [0.05, 0.1) is 16.8 Å². The number of halogens is 1. The van der Waals surface area contributed by atoms with E-state index in [4.69, 9.17) is 0 Å². The summed E-state index contributed by atoms with van der Waals surface area (Å²) in [7, 11) is 0. The maximum Gasteiger partial charge on any atom is 0.263 e. The highest BCUT2D eigenvalue weighted by molar-refractivity contribution is 9.10. The van der Waals surface area contributed by atoms with E-state index >= 15 is 0 Å². The van der Waals surface area contributed by atoms with Crippen LogP contribution in [0.4, 0.5) is 5.82 Å². The van der Waals surface area contributed by atoms with E-state index in [1.807, 2.05) is 62.4 Å². The first-order chi connectivity index (χ1) is 15.0. The van der Waals surface area contributed by atoms with Gasteiger partial charge in [0.15, 0.2) is 5.65 Å². The van der Waals surface area contributed by atoms with Crippen molar-refractivity contribution in [2.45, 2.75) is 19.9 Å². The molecule has 3 heterocycles. The SMILES string of the molecule is Cc1cccc2cc([C@H](C)Nc3ncnc4[nH]nc(Br)c34)n(-c3ccccc3)c(=O)c12. The molecule has 5 rings (SSSR count). The van der Waals surface area contributed by atoms with Crippen LogP contribution < -0.4 is 10.9 Å². The summed E-state index contributed by atoms with van der Waals surface area (Å²) < 4.78 is 2.41. The molecule has 8 heteroatoms. The maximum atomic E-state index is 13.6. The Morgan fingerprint density at radius 2 is 1.87 bits per heavy atom. The van der Waals surface area contributed by atoms with Crippen LogP contribution in [-0.4, -0.2) is 24.7 Å². The molecule has 2 aromatic carbocycles. The van der Waals surface area contributed by atoms with Crippen LogP contribution in [0.3, 0.4) is 0 Å². The van der Waals surface area contributed by atoms with Crippen molar-refractivity contribution in [2.24, 2.45) is 0 Å². The minimum absolute atomic E-state index is 0.0391. The van der Waals surface area contributed by atoms with Crippen molar-refractivity contribution in [3.8, 4) is 5.69 Å². The molecule has 1 atom stereocenters. The molecule has 154 valence electrons. The molecule has 0 saturated heterocycles. The summed E-state index contributed by atoms with van der Waals surface area (Å²) in [6.45, 7) is 3.98. The smallest absolute Gasteiger partial charge is 0.263 e. The van der Waals surface area contributed by atoms with E-state index in [1.54, 1.807) is 4.57 Å². The summed E-state index contributed by atoms with van der Waals surface area (Å²) in [5, 5.41) is 12.9. The topological polar surface area (TPSA) is 88.5 Å². The quantitative estimate of drug-likeness (QED) is 0.386. The van der Waals surface area contributed by atoms with Gasteiger partial charge in [-0.3, -0.25) is 14.5 Å². The third-order valence-corrected chi connectivity index (χ3v) is 5.98. The van der Waals surface area contributed by atoms with Crippen LogP contribution in [-0.2, 0) is 0 Å². The van der Waals surface area contributed by atoms with Crippen LogP contribution in [0.1, 0.15) is 24.2 Å². The van der Waals surface area contributed by atoms with E-state index in [0.29, 0.717) is 16.1 Å². The number of rotatable bonds is 4. The van der Waals surface area contributed by atoms with Crippen LogP contribution in [0.25, 0.3) is 27.5 Å². The molecule has 0 saturated carbocycles. The van der Waals surface area contributed by atoms with Gasteiger partial charge in [-0.25, -0.2) is 9.97 Å². The van der Waals surface area contributed by atoms with E-state index < -0.39 is 0 Å². The molecule has 0 amide bonds. The molecule has 0 fully saturated rings. The number of hydrogen-bond donors (Lipinski definition) is 2. The summed E-state index contributed by atoms with van der Waals surface area (Å²) in [6, 6.07) is 17.5. The number of anilines is 1. The van der Waals surface area contributed by atoms with Crippen LogP contribution in [0.5, 0.6) is 0 Å². The zero-order chi connectivity index (χ0) is 21.5. The van der Waals surface area contributed by atoms with E-state index in [9.17, 15) is 4.79 Å². The van der Waals surface area contributed by atoms with E-state index in [2.05, 4.69) is 47.5 Å². The third kappa shape index (κ3) is 3.29. The fraction of sp³-hybridized carbons (Fsp3) is 0.130. The minimum atomic E-state index is -0.224. The molecule has 7 nitrogen and oxygen atoms in total. The van der Waals surface area contributed by atoms with Gasteiger partial charge in [-0.2, -0.15) is 5.10 Å². The fourth-order valence-corrected chi connectivity index (χ4v) is 4.39. The van der Waals surface area contributed by atoms with Crippen molar-refractivity contribution < 1.29 is 0 Å². The van der Waals surface area contributed by atoms with Crippen molar-refractivity contribution in [3.05, 3.63) is 87.1 Å². The average Bonchev–Trinajstić information content (AvgIpc) is 3.16. The minimum Gasteiger partial charge on any atom is -0.361 e. The first-order valence-corrected chi connectivity index (χ1v) is 10.7. The van der Waals surface area contributed by atoms with Crippen LogP contribution in [0, 0.1) is 6.92 Å². The number of para-hydroxylation sites is 1.